The van der Waals surface area contributed by atoms with Crippen LogP contribution in [0, 0.1) is 13.8 Å². The quantitative estimate of drug-likeness (QED) is 0.351. The number of ether oxygens (including phenoxy) is 1. The minimum absolute atomic E-state index is 0. The van der Waals surface area contributed by atoms with Crippen molar-refractivity contribution in [3.8, 4) is 0 Å². The minimum Gasteiger partial charge on any atom is -0.870 e. The number of carboxylic acids is 1. The number of aliphatic carboxylic acids is 1. The Balaban J connectivity index is 0. The Bertz CT molecular complexity index is 895. The second-order valence-corrected chi connectivity index (χ2v) is 7.37. The summed E-state index contributed by atoms with van der Waals surface area (Å²) in [5.74, 6) is -1.24. The van der Waals surface area contributed by atoms with E-state index in [9.17, 15) is 9.59 Å². The topological polar surface area (TPSA) is 93.6 Å². The molecule has 0 aliphatic carbocycles. The maximum atomic E-state index is 11.1. The Labute approximate surface area is 216 Å². The SMILES string of the molecule is CCOC(=O)C=Cc1cccc(Br)c1C.Cc1c(Br)cccc1C=CC(=O)O.[Na+].[OH-]. The standard InChI is InChI=1S/C12H13BrO2.C10H9BrO2.Na.H2O/c1-3-15-12(14)8-7-10-5-4-6-11(13)9(10)2;1-7-8(5-6-10(12)13)3-2-4-9(7)11;;/h4-8H,3H2,1-2H3;2-6H,1H3,(H,12,13);;1H2/q;;+1;/p-1. The second-order valence-electron chi connectivity index (χ2n) is 5.67. The van der Waals surface area contributed by atoms with Crippen LogP contribution in [0.25, 0.3) is 12.2 Å². The van der Waals surface area contributed by atoms with E-state index in [-0.39, 0.29) is 41.0 Å². The predicted molar refractivity (Wildman–Crippen MR) is 122 cm³/mol. The summed E-state index contributed by atoms with van der Waals surface area (Å²) in [6.07, 6.45) is 5.92. The first kappa shape index (κ1) is 31.0. The van der Waals surface area contributed by atoms with Gasteiger partial charge in [0, 0.05) is 21.1 Å². The molecule has 2 aromatic rings. The summed E-state index contributed by atoms with van der Waals surface area (Å²) >= 11 is 6.81. The van der Waals surface area contributed by atoms with E-state index in [0.29, 0.717) is 6.61 Å². The molecule has 0 aliphatic heterocycles. The van der Waals surface area contributed by atoms with Gasteiger partial charge in [0.05, 0.1) is 6.61 Å². The van der Waals surface area contributed by atoms with Crippen molar-refractivity contribution in [2.24, 2.45) is 0 Å². The molecule has 0 spiro atoms. The summed E-state index contributed by atoms with van der Waals surface area (Å²) < 4.78 is 6.82. The van der Waals surface area contributed by atoms with Crippen LogP contribution >= 0.6 is 31.9 Å². The van der Waals surface area contributed by atoms with E-state index >= 15 is 0 Å². The summed E-state index contributed by atoms with van der Waals surface area (Å²) in [5, 5.41) is 8.44. The largest absolute Gasteiger partial charge is 1.00 e. The number of rotatable bonds is 5. The Hall–Kier alpha value is -1.22. The van der Waals surface area contributed by atoms with Gasteiger partial charge in [-0.05, 0) is 67.3 Å². The van der Waals surface area contributed by atoms with E-state index in [0.717, 1.165) is 37.3 Å². The molecule has 2 N–H and O–H groups in total. The van der Waals surface area contributed by atoms with Crippen molar-refractivity contribution >= 4 is 56.0 Å². The molecular formula is C22H23Br2NaO5. The predicted octanol–water partition coefficient (Wildman–Crippen LogP) is 3.02. The summed E-state index contributed by atoms with van der Waals surface area (Å²) in [7, 11) is 0. The number of hydrogen-bond donors (Lipinski definition) is 1. The van der Waals surface area contributed by atoms with Gasteiger partial charge in [0.2, 0.25) is 0 Å². The Morgan fingerprint density at radius 2 is 1.37 bits per heavy atom. The van der Waals surface area contributed by atoms with Gasteiger partial charge in [-0.1, -0.05) is 56.1 Å². The van der Waals surface area contributed by atoms with Crippen LogP contribution in [-0.4, -0.2) is 29.1 Å². The molecule has 0 saturated heterocycles. The number of carbonyl (C=O) groups excluding carboxylic acids is 1. The summed E-state index contributed by atoms with van der Waals surface area (Å²) in [4.78, 5) is 21.4. The molecule has 0 aromatic heterocycles. The molecule has 0 aliphatic rings. The molecule has 156 valence electrons. The molecule has 0 radical (unpaired) electrons. The average Bonchev–Trinajstić information content (AvgIpc) is 2.65. The van der Waals surface area contributed by atoms with E-state index in [2.05, 4.69) is 31.9 Å². The van der Waals surface area contributed by atoms with Gasteiger partial charge in [-0.2, -0.15) is 0 Å². The maximum absolute atomic E-state index is 11.1. The second kappa shape index (κ2) is 16.5. The molecule has 2 aromatic carbocycles. The van der Waals surface area contributed by atoms with Crippen LogP contribution in [0.4, 0.5) is 0 Å². The fourth-order valence-electron chi connectivity index (χ4n) is 2.12. The molecule has 0 fully saturated rings. The van der Waals surface area contributed by atoms with Gasteiger partial charge in [-0.15, -0.1) is 0 Å². The normalized spacial score (nSPS) is 9.90. The van der Waals surface area contributed by atoms with Crippen molar-refractivity contribution < 1.29 is 54.5 Å². The van der Waals surface area contributed by atoms with Crippen LogP contribution in [0.1, 0.15) is 29.2 Å². The van der Waals surface area contributed by atoms with Crippen LogP contribution < -0.4 is 29.6 Å². The third kappa shape index (κ3) is 11.2. The first-order valence-corrected chi connectivity index (χ1v) is 10.1. The first-order valence-electron chi connectivity index (χ1n) is 8.52. The molecule has 30 heavy (non-hydrogen) atoms. The van der Waals surface area contributed by atoms with Gasteiger partial charge in [0.15, 0.2) is 0 Å². The molecule has 8 heteroatoms. The van der Waals surface area contributed by atoms with Gasteiger partial charge in [-0.3, -0.25) is 0 Å². The molecule has 0 unspecified atom stereocenters. The molecule has 0 saturated carbocycles. The molecule has 0 amide bonds. The van der Waals surface area contributed by atoms with Crippen molar-refractivity contribution in [2.75, 3.05) is 6.61 Å². The zero-order chi connectivity index (χ0) is 21.1. The Kier molecular flexibility index (Phi) is 17.0. The molecular weight excluding hydrogens is 527 g/mol. The van der Waals surface area contributed by atoms with E-state index in [4.69, 9.17) is 9.84 Å². The van der Waals surface area contributed by atoms with E-state index in [1.807, 2.05) is 50.2 Å². The van der Waals surface area contributed by atoms with Crippen molar-refractivity contribution in [3.05, 3.63) is 79.7 Å². The number of esters is 1. The summed E-state index contributed by atoms with van der Waals surface area (Å²) in [6, 6.07) is 11.5. The van der Waals surface area contributed by atoms with Crippen molar-refractivity contribution in [2.45, 2.75) is 20.8 Å². The van der Waals surface area contributed by atoms with Gasteiger partial charge in [0.25, 0.3) is 0 Å². The van der Waals surface area contributed by atoms with E-state index in [1.54, 1.807) is 19.1 Å². The number of benzene rings is 2. The Morgan fingerprint density at radius 1 is 0.933 bits per heavy atom. The van der Waals surface area contributed by atoms with E-state index in [1.165, 1.54) is 6.08 Å². The molecule has 5 nitrogen and oxygen atoms in total. The monoisotopic (exact) mass is 548 g/mol. The van der Waals surface area contributed by atoms with Crippen LogP contribution in [0.15, 0.2) is 57.5 Å². The fourth-order valence-corrected chi connectivity index (χ4v) is 2.88. The van der Waals surface area contributed by atoms with Crippen LogP contribution in [0.2, 0.25) is 0 Å². The molecule has 0 bridgehead atoms. The maximum Gasteiger partial charge on any atom is 1.00 e. The number of halogens is 2. The van der Waals surface area contributed by atoms with Crippen molar-refractivity contribution in [1.82, 2.24) is 0 Å². The molecule has 0 heterocycles. The molecule has 0 atom stereocenters. The number of hydrogen-bond acceptors (Lipinski definition) is 4. The third-order valence-corrected chi connectivity index (χ3v) is 5.43. The van der Waals surface area contributed by atoms with Gasteiger partial charge in [-0.25, -0.2) is 9.59 Å². The van der Waals surface area contributed by atoms with Gasteiger partial charge in [0.1, 0.15) is 0 Å². The van der Waals surface area contributed by atoms with Crippen LogP contribution in [0.3, 0.4) is 0 Å². The zero-order valence-corrected chi connectivity index (χ0v) is 22.5. The Morgan fingerprint density at radius 3 is 1.77 bits per heavy atom. The number of carbonyl (C=O) groups is 2. The van der Waals surface area contributed by atoms with Crippen molar-refractivity contribution in [1.29, 1.82) is 0 Å². The number of carboxylic acid groups (broad SMARTS) is 1. The zero-order valence-electron chi connectivity index (χ0n) is 17.4. The summed E-state index contributed by atoms with van der Waals surface area (Å²) in [6.45, 7) is 6.12. The van der Waals surface area contributed by atoms with Crippen LogP contribution in [0.5, 0.6) is 0 Å². The fraction of sp³-hybridized carbons (Fsp3) is 0.182. The smallest absolute Gasteiger partial charge is 0.870 e. The van der Waals surface area contributed by atoms with Crippen molar-refractivity contribution in [3.63, 3.8) is 0 Å². The van der Waals surface area contributed by atoms with Gasteiger partial charge >= 0.3 is 41.5 Å². The third-order valence-electron chi connectivity index (χ3n) is 3.71. The average molecular weight is 550 g/mol. The molecule has 2 rings (SSSR count). The van der Waals surface area contributed by atoms with Crippen LogP contribution in [-0.2, 0) is 14.3 Å². The summed E-state index contributed by atoms with van der Waals surface area (Å²) in [5.41, 5.74) is 4.08. The van der Waals surface area contributed by atoms with E-state index < -0.39 is 5.97 Å². The first-order chi connectivity index (χ1) is 13.3. The van der Waals surface area contributed by atoms with Gasteiger partial charge < -0.3 is 15.3 Å². The minimum atomic E-state index is -0.931.